The van der Waals surface area contributed by atoms with E-state index in [1.54, 1.807) is 0 Å². The molecule has 0 aliphatic heterocycles. The number of amides is 1. The molecule has 0 unspecified atom stereocenters. The molecule has 2 rings (SSSR count). The van der Waals surface area contributed by atoms with Crippen LogP contribution in [0.5, 0.6) is 0 Å². The van der Waals surface area contributed by atoms with Crippen molar-refractivity contribution in [1.29, 1.82) is 0 Å². The lowest BCUT2D eigenvalue weighted by molar-refractivity contribution is -0.136. The Morgan fingerprint density at radius 3 is 2.85 bits per heavy atom. The van der Waals surface area contributed by atoms with Crippen LogP contribution in [0.2, 0.25) is 0 Å². The Labute approximate surface area is 116 Å². The van der Waals surface area contributed by atoms with Crippen molar-refractivity contribution in [2.24, 2.45) is 0 Å². The normalized spacial score (nSPS) is 10.9. The van der Waals surface area contributed by atoms with E-state index in [1.165, 1.54) is 18.3 Å². The third-order valence-corrected chi connectivity index (χ3v) is 3.70. The van der Waals surface area contributed by atoms with E-state index in [2.05, 4.69) is 10.3 Å². The number of hydrogen-bond acceptors (Lipinski definition) is 4. The van der Waals surface area contributed by atoms with Crippen LogP contribution in [-0.4, -0.2) is 28.5 Å². The summed E-state index contributed by atoms with van der Waals surface area (Å²) in [5.41, 5.74) is 0.167. The van der Waals surface area contributed by atoms with Gasteiger partial charge in [-0.1, -0.05) is 0 Å². The van der Waals surface area contributed by atoms with E-state index in [1.807, 2.05) is 0 Å². The number of rotatable bonds is 5. The van der Waals surface area contributed by atoms with Crippen LogP contribution in [0, 0.1) is 0 Å². The molecule has 0 saturated carbocycles. The number of carboxylic acids is 1. The lowest BCUT2D eigenvalue weighted by atomic mass is 10.2. The van der Waals surface area contributed by atoms with Gasteiger partial charge in [-0.3, -0.25) is 14.6 Å². The Balaban J connectivity index is 2.21. The zero-order valence-corrected chi connectivity index (χ0v) is 10.9. The number of aliphatic carboxylic acids is 1. The van der Waals surface area contributed by atoms with Gasteiger partial charge in [0.15, 0.2) is 0 Å². The van der Waals surface area contributed by atoms with Gasteiger partial charge in [0.25, 0.3) is 12.3 Å². The molecule has 20 heavy (non-hydrogen) atoms. The zero-order valence-electron chi connectivity index (χ0n) is 10.1. The minimum absolute atomic E-state index is 0.0163. The van der Waals surface area contributed by atoms with Crippen molar-refractivity contribution in [3.8, 4) is 0 Å². The minimum Gasteiger partial charge on any atom is -0.481 e. The molecule has 2 aromatic rings. The summed E-state index contributed by atoms with van der Waals surface area (Å²) in [6.45, 7) is -0.0163. The number of thiophene rings is 1. The fourth-order valence-electron chi connectivity index (χ4n) is 1.61. The molecule has 1 amide bonds. The summed E-state index contributed by atoms with van der Waals surface area (Å²) in [7, 11) is 0. The zero-order chi connectivity index (χ0) is 14.7. The van der Waals surface area contributed by atoms with Gasteiger partial charge >= 0.3 is 5.97 Å². The molecular formula is C12H10F2N2O3S. The van der Waals surface area contributed by atoms with E-state index in [4.69, 9.17) is 5.11 Å². The second-order valence-electron chi connectivity index (χ2n) is 3.93. The fraction of sp³-hybridized carbons (Fsp3) is 0.250. The van der Waals surface area contributed by atoms with E-state index >= 15 is 0 Å². The first-order chi connectivity index (χ1) is 9.49. The third kappa shape index (κ3) is 3.08. The van der Waals surface area contributed by atoms with E-state index < -0.39 is 18.3 Å². The number of nitrogens with zero attached hydrogens (tertiary/aromatic N) is 1. The Morgan fingerprint density at radius 1 is 1.45 bits per heavy atom. The quantitative estimate of drug-likeness (QED) is 0.889. The first kappa shape index (κ1) is 14.3. The van der Waals surface area contributed by atoms with Gasteiger partial charge in [-0.25, -0.2) is 8.78 Å². The third-order valence-electron chi connectivity index (χ3n) is 2.53. The molecule has 0 atom stereocenters. The summed E-state index contributed by atoms with van der Waals surface area (Å²) in [6, 6.07) is 2.64. The average molecular weight is 300 g/mol. The standard InChI is InChI=1S/C12H10F2N2O3S/c13-11(14)6-1-3-15-7-5-8(20-10(6)7)12(19)16-4-2-9(17)18/h1,3,5,11H,2,4H2,(H,16,19)(H,17,18). The van der Waals surface area contributed by atoms with Gasteiger partial charge in [0, 0.05) is 18.3 Å². The summed E-state index contributed by atoms with van der Waals surface area (Å²) in [6.07, 6.45) is -1.57. The molecule has 0 radical (unpaired) electrons. The largest absolute Gasteiger partial charge is 0.481 e. The van der Waals surface area contributed by atoms with Crippen molar-refractivity contribution in [3.63, 3.8) is 0 Å². The van der Waals surface area contributed by atoms with Gasteiger partial charge in [-0.05, 0) is 12.1 Å². The number of carboxylic acid groups (broad SMARTS) is 1. The fourth-order valence-corrected chi connectivity index (χ4v) is 2.66. The van der Waals surface area contributed by atoms with Crippen LogP contribution in [0.25, 0.3) is 10.2 Å². The molecule has 2 aromatic heterocycles. The van der Waals surface area contributed by atoms with Crippen LogP contribution < -0.4 is 5.32 Å². The topological polar surface area (TPSA) is 79.3 Å². The molecule has 106 valence electrons. The van der Waals surface area contributed by atoms with Gasteiger partial charge in [0.1, 0.15) is 0 Å². The van der Waals surface area contributed by atoms with Crippen molar-refractivity contribution in [3.05, 3.63) is 28.8 Å². The molecule has 2 heterocycles. The average Bonchev–Trinajstić information content (AvgIpc) is 2.81. The number of carbonyl (C=O) groups excluding carboxylic acids is 1. The number of fused-ring (bicyclic) bond motifs is 1. The first-order valence-corrected chi connectivity index (χ1v) is 6.47. The molecule has 0 aliphatic rings. The molecular weight excluding hydrogens is 290 g/mol. The molecule has 5 nitrogen and oxygen atoms in total. The summed E-state index contributed by atoms with van der Waals surface area (Å²) in [5.74, 6) is -1.52. The number of pyridine rings is 1. The van der Waals surface area contributed by atoms with E-state index in [-0.39, 0.29) is 28.1 Å². The van der Waals surface area contributed by atoms with Crippen LogP contribution >= 0.6 is 11.3 Å². The Morgan fingerprint density at radius 2 is 2.20 bits per heavy atom. The highest BCUT2D eigenvalue weighted by molar-refractivity contribution is 7.21. The highest BCUT2D eigenvalue weighted by Crippen LogP contribution is 2.32. The molecule has 0 spiro atoms. The van der Waals surface area contributed by atoms with Crippen LogP contribution in [0.3, 0.4) is 0 Å². The van der Waals surface area contributed by atoms with Crippen molar-refractivity contribution >= 4 is 33.4 Å². The van der Waals surface area contributed by atoms with Crippen LogP contribution in [0.4, 0.5) is 8.78 Å². The second-order valence-corrected chi connectivity index (χ2v) is 4.98. The predicted molar refractivity (Wildman–Crippen MR) is 69.2 cm³/mol. The van der Waals surface area contributed by atoms with Crippen molar-refractivity contribution < 1.29 is 23.5 Å². The summed E-state index contributed by atoms with van der Waals surface area (Å²) in [5, 5.41) is 10.9. The van der Waals surface area contributed by atoms with Gasteiger partial charge < -0.3 is 10.4 Å². The lowest BCUT2D eigenvalue weighted by Gasteiger charge is -2.00. The summed E-state index contributed by atoms with van der Waals surface area (Å²) >= 11 is 0.917. The smallest absolute Gasteiger partial charge is 0.305 e. The van der Waals surface area contributed by atoms with Crippen LogP contribution in [-0.2, 0) is 4.79 Å². The molecule has 0 bridgehead atoms. The van der Waals surface area contributed by atoms with E-state index in [0.29, 0.717) is 5.52 Å². The molecule has 0 aliphatic carbocycles. The summed E-state index contributed by atoms with van der Waals surface area (Å²) < 4.78 is 25.9. The number of hydrogen-bond donors (Lipinski definition) is 2. The molecule has 8 heteroatoms. The first-order valence-electron chi connectivity index (χ1n) is 5.65. The lowest BCUT2D eigenvalue weighted by Crippen LogP contribution is -2.25. The van der Waals surface area contributed by atoms with Crippen molar-refractivity contribution in [1.82, 2.24) is 10.3 Å². The van der Waals surface area contributed by atoms with Gasteiger partial charge in [-0.15, -0.1) is 11.3 Å². The number of halogens is 2. The molecule has 0 aromatic carbocycles. The minimum atomic E-state index is -2.64. The van der Waals surface area contributed by atoms with Gasteiger partial charge in [-0.2, -0.15) is 0 Å². The van der Waals surface area contributed by atoms with E-state index in [9.17, 15) is 18.4 Å². The highest BCUT2D eigenvalue weighted by Gasteiger charge is 2.17. The number of aromatic nitrogens is 1. The monoisotopic (exact) mass is 300 g/mol. The van der Waals surface area contributed by atoms with Crippen molar-refractivity contribution in [2.45, 2.75) is 12.8 Å². The Bertz CT molecular complexity index is 657. The maximum atomic E-state index is 12.8. The van der Waals surface area contributed by atoms with Gasteiger partial charge in [0.2, 0.25) is 0 Å². The Kier molecular flexibility index (Phi) is 4.23. The van der Waals surface area contributed by atoms with Crippen molar-refractivity contribution in [2.75, 3.05) is 6.54 Å². The number of carbonyl (C=O) groups is 2. The SMILES string of the molecule is O=C(O)CCNC(=O)c1cc2nccc(C(F)F)c2s1. The molecule has 0 saturated heterocycles. The second kappa shape index (κ2) is 5.91. The maximum Gasteiger partial charge on any atom is 0.305 e. The Hall–Kier alpha value is -2.09. The summed E-state index contributed by atoms with van der Waals surface area (Å²) in [4.78, 5) is 26.3. The predicted octanol–water partition coefficient (Wildman–Crippen LogP) is 2.44. The molecule has 2 N–H and O–H groups in total. The van der Waals surface area contributed by atoms with Crippen LogP contribution in [0.1, 0.15) is 28.1 Å². The number of alkyl halides is 2. The maximum absolute atomic E-state index is 12.8. The van der Waals surface area contributed by atoms with Crippen LogP contribution in [0.15, 0.2) is 18.3 Å². The highest BCUT2D eigenvalue weighted by atomic mass is 32.1. The van der Waals surface area contributed by atoms with E-state index in [0.717, 1.165) is 11.3 Å². The number of nitrogens with one attached hydrogen (secondary N) is 1. The van der Waals surface area contributed by atoms with Gasteiger partial charge in [0.05, 0.1) is 21.5 Å². The molecule has 0 fully saturated rings.